The first-order chi connectivity index (χ1) is 27.9. The van der Waals surface area contributed by atoms with Crippen molar-refractivity contribution in [2.24, 2.45) is 16.8 Å². The van der Waals surface area contributed by atoms with Gasteiger partial charge in [0.1, 0.15) is 35.1 Å². The number of fused-ring (bicyclic) bond motifs is 2. The van der Waals surface area contributed by atoms with Crippen molar-refractivity contribution < 1.29 is 28.7 Å². The molecule has 0 spiro atoms. The van der Waals surface area contributed by atoms with E-state index in [0.29, 0.717) is 31.3 Å². The fourth-order valence-corrected chi connectivity index (χ4v) is 10.1. The fraction of sp³-hybridized carbons (Fsp3) is 0.526. The van der Waals surface area contributed by atoms with Crippen LogP contribution in [0.3, 0.4) is 0 Å². The Bertz CT molecular complexity index is 2310. The van der Waals surface area contributed by atoms with Gasteiger partial charge in [-0.25, -0.2) is 24.5 Å². The highest BCUT2D eigenvalue weighted by Gasteiger charge is 2.41. The Labute approximate surface area is 342 Å². The molecule has 0 aromatic carbocycles. The highest BCUT2D eigenvalue weighted by atomic mass is 32.1. The number of amides is 4. The molecular weight excluding hydrogens is 785 g/mol. The van der Waals surface area contributed by atoms with Crippen LogP contribution in [0.4, 0.5) is 9.59 Å². The van der Waals surface area contributed by atoms with Gasteiger partial charge < -0.3 is 40.2 Å². The number of nitrogens with one attached hydrogen (secondary N) is 4. The van der Waals surface area contributed by atoms with Crippen molar-refractivity contribution in [2.45, 2.75) is 83.6 Å². The number of carbonyl (C=O) groups excluding carboxylic acids is 4. The molecule has 3 aliphatic heterocycles. The molecule has 5 aromatic rings. The van der Waals surface area contributed by atoms with Crippen molar-refractivity contribution in [1.29, 1.82) is 0 Å². The van der Waals surface area contributed by atoms with Gasteiger partial charge in [0, 0.05) is 37.9 Å². The van der Waals surface area contributed by atoms with E-state index in [4.69, 9.17) is 24.4 Å². The lowest BCUT2D eigenvalue weighted by molar-refractivity contribution is -0.136. The average Bonchev–Trinajstić information content (AvgIpc) is 4.02. The highest BCUT2D eigenvalue weighted by Crippen LogP contribution is 2.36. The van der Waals surface area contributed by atoms with Crippen LogP contribution in [0.15, 0.2) is 36.0 Å². The van der Waals surface area contributed by atoms with Crippen LogP contribution in [0.1, 0.15) is 70.9 Å². The smallest absolute Gasteiger partial charge is 0.407 e. The number of likely N-dealkylation sites (tertiary alicyclic amines) is 2. The predicted molar refractivity (Wildman–Crippen MR) is 218 cm³/mol. The third kappa shape index (κ3) is 7.49. The van der Waals surface area contributed by atoms with E-state index in [-0.39, 0.29) is 41.8 Å². The number of hydrogen-bond donors (Lipinski definition) is 4. The highest BCUT2D eigenvalue weighted by molar-refractivity contribution is 7.26. The van der Waals surface area contributed by atoms with Crippen molar-refractivity contribution in [2.75, 3.05) is 33.9 Å². The topological polar surface area (TPSA) is 205 Å². The molecule has 0 radical (unpaired) electrons. The maximum absolute atomic E-state index is 13.6. The Balaban J connectivity index is 0.915. The van der Waals surface area contributed by atoms with Crippen molar-refractivity contribution >= 4 is 62.4 Å². The number of thiazole rings is 2. The number of amidine groups is 1. The summed E-state index contributed by atoms with van der Waals surface area (Å²) in [6.07, 6.45) is 11.9. The SMILES string of the molecule is COC(=O)N[C@H](C(=O)N1CCCC1c1ncc(-c2cn3cc(-c4cn5cc(C6=NCC([C@@H]7CCCN7C(=O)[C@@H](NC(=O)OC)C(C)C)N6)nc5s4)sc3n2)[nH]1)C(C)C. The Morgan fingerprint density at radius 1 is 0.793 bits per heavy atom. The minimum atomic E-state index is -0.700. The molecule has 2 saturated heterocycles. The van der Waals surface area contributed by atoms with Crippen LogP contribution >= 0.6 is 22.7 Å². The first-order valence-corrected chi connectivity index (χ1v) is 21.2. The minimum absolute atomic E-state index is 0.0486. The predicted octanol–water partition coefficient (Wildman–Crippen LogP) is 4.30. The summed E-state index contributed by atoms with van der Waals surface area (Å²) < 4.78 is 13.5. The molecule has 8 heterocycles. The van der Waals surface area contributed by atoms with Gasteiger partial charge in [0.25, 0.3) is 0 Å². The molecule has 2 fully saturated rings. The number of hydrogen-bond acceptors (Lipinski definition) is 13. The van der Waals surface area contributed by atoms with E-state index in [1.807, 2.05) is 53.8 Å². The maximum Gasteiger partial charge on any atom is 0.407 e. The molecule has 2 unspecified atom stereocenters. The first kappa shape index (κ1) is 39.3. The Kier molecular flexibility index (Phi) is 10.9. The summed E-state index contributed by atoms with van der Waals surface area (Å²) in [6, 6.07) is -1.70. The molecule has 0 aliphatic carbocycles. The molecule has 5 atom stereocenters. The lowest BCUT2D eigenvalue weighted by Crippen LogP contribution is -2.56. The van der Waals surface area contributed by atoms with Crippen LogP contribution in [0, 0.1) is 11.8 Å². The Morgan fingerprint density at radius 2 is 1.36 bits per heavy atom. The maximum atomic E-state index is 13.6. The first-order valence-electron chi connectivity index (χ1n) is 19.6. The number of imidazole rings is 3. The zero-order valence-electron chi connectivity index (χ0n) is 33.2. The normalized spacial score (nSPS) is 20.6. The molecule has 4 amide bonds. The molecule has 308 valence electrons. The van der Waals surface area contributed by atoms with Crippen molar-refractivity contribution in [3.05, 3.63) is 42.5 Å². The van der Waals surface area contributed by atoms with Gasteiger partial charge in [0.15, 0.2) is 9.92 Å². The van der Waals surface area contributed by atoms with Crippen LogP contribution in [0.2, 0.25) is 0 Å². The van der Waals surface area contributed by atoms with Gasteiger partial charge in [0.2, 0.25) is 11.8 Å². The molecule has 4 N–H and O–H groups in total. The van der Waals surface area contributed by atoms with E-state index in [1.165, 1.54) is 14.2 Å². The quantitative estimate of drug-likeness (QED) is 0.149. The second kappa shape index (κ2) is 16.0. The third-order valence-corrected chi connectivity index (χ3v) is 13.3. The lowest BCUT2D eigenvalue weighted by Gasteiger charge is -2.33. The summed E-state index contributed by atoms with van der Waals surface area (Å²) in [6.45, 7) is 9.35. The Hall–Kier alpha value is -5.50. The average molecular weight is 833 g/mol. The van der Waals surface area contributed by atoms with Crippen LogP contribution in [-0.2, 0) is 19.1 Å². The van der Waals surface area contributed by atoms with Crippen molar-refractivity contribution in [1.82, 2.24) is 54.5 Å². The summed E-state index contributed by atoms with van der Waals surface area (Å²) >= 11 is 3.16. The molecule has 18 nitrogen and oxygen atoms in total. The van der Waals surface area contributed by atoms with E-state index in [1.54, 1.807) is 33.8 Å². The lowest BCUT2D eigenvalue weighted by atomic mass is 10.0. The number of carbonyl (C=O) groups is 4. The van der Waals surface area contributed by atoms with Crippen molar-refractivity contribution in [3.8, 4) is 21.1 Å². The molecule has 3 aliphatic rings. The number of aliphatic imine (C=N–C) groups is 1. The summed E-state index contributed by atoms with van der Waals surface area (Å²) in [5.41, 5.74) is 2.25. The van der Waals surface area contributed by atoms with Crippen LogP contribution in [0.5, 0.6) is 0 Å². The second-order valence-electron chi connectivity index (χ2n) is 15.6. The number of aromatic amines is 1. The van der Waals surface area contributed by atoms with Gasteiger partial charge in [-0.05, 0) is 37.5 Å². The van der Waals surface area contributed by atoms with Gasteiger partial charge in [-0.3, -0.25) is 23.4 Å². The second-order valence-corrected chi connectivity index (χ2v) is 17.6. The third-order valence-electron chi connectivity index (χ3n) is 11.1. The summed E-state index contributed by atoms with van der Waals surface area (Å²) in [5, 5.41) is 8.95. The molecule has 8 rings (SSSR count). The monoisotopic (exact) mass is 832 g/mol. The fourth-order valence-electron chi connectivity index (χ4n) is 8.08. The molecule has 5 aromatic heterocycles. The molecule has 0 bridgehead atoms. The molecule has 20 heteroatoms. The van der Waals surface area contributed by atoms with E-state index in [9.17, 15) is 19.2 Å². The van der Waals surface area contributed by atoms with Gasteiger partial charge >= 0.3 is 12.2 Å². The number of ether oxygens (including phenoxy) is 2. The van der Waals surface area contributed by atoms with Crippen LogP contribution in [0.25, 0.3) is 31.1 Å². The number of H-pyrrole nitrogens is 1. The standard InChI is InChI=1S/C38H48N12O6S2/c1-19(2)29(45-37(53)55-5)33(51)49-11-7-9-25(49)22-14-39-31(42-22)24-16-48-18-28(58-36(48)44-24)27-17-47-15-23(43-35(47)57-27)21-13-40-32(41-21)26-10-8-12-50(26)34(52)30(20(3)4)46-38(54)56-6/h13,15-20,22,25-26,29-30H,7-12,14H2,1-6H3,(H,39,42)(H,40,41)(H,45,53)(H,46,54)/t22?,25-,26?,29-,30-/m0/s1. The molecule has 0 saturated carbocycles. The van der Waals surface area contributed by atoms with E-state index < -0.39 is 24.3 Å². The summed E-state index contributed by atoms with van der Waals surface area (Å²) in [5.74, 6) is 0.937. The van der Waals surface area contributed by atoms with Crippen LogP contribution in [-0.4, -0.2) is 126 Å². The minimum Gasteiger partial charge on any atom is -0.453 e. The van der Waals surface area contributed by atoms with E-state index in [2.05, 4.69) is 38.3 Å². The zero-order chi connectivity index (χ0) is 40.8. The summed E-state index contributed by atoms with van der Waals surface area (Å²) in [4.78, 5) is 81.2. The van der Waals surface area contributed by atoms with Gasteiger partial charge in [-0.1, -0.05) is 50.4 Å². The molecular formula is C38H48N12O6S2. The number of nitrogens with zero attached hydrogens (tertiary/aromatic N) is 8. The number of rotatable bonds is 11. The van der Waals surface area contributed by atoms with E-state index >= 15 is 0 Å². The Morgan fingerprint density at radius 3 is 1.97 bits per heavy atom. The number of aromatic nitrogens is 6. The van der Waals surface area contributed by atoms with Gasteiger partial charge in [-0.2, -0.15) is 0 Å². The van der Waals surface area contributed by atoms with Crippen molar-refractivity contribution in [3.63, 3.8) is 0 Å². The number of methoxy groups -OCH3 is 2. The number of alkyl carbamates (subject to hydrolysis) is 2. The van der Waals surface area contributed by atoms with Crippen LogP contribution < -0.4 is 16.0 Å². The van der Waals surface area contributed by atoms with Gasteiger partial charge in [0.05, 0.1) is 60.5 Å². The van der Waals surface area contributed by atoms with E-state index in [0.717, 1.165) is 62.4 Å². The zero-order valence-corrected chi connectivity index (χ0v) is 34.9. The largest absolute Gasteiger partial charge is 0.453 e. The summed E-state index contributed by atoms with van der Waals surface area (Å²) in [7, 11) is 2.58. The van der Waals surface area contributed by atoms with Gasteiger partial charge in [-0.15, -0.1) is 0 Å². The molecule has 58 heavy (non-hydrogen) atoms.